The number of carbonyl (C=O) groups is 2. The Morgan fingerprint density at radius 1 is 0.426 bits per heavy atom. The minimum absolute atomic E-state index is 0.0665. The molecule has 1 N–H and O–H groups in total. The fourth-order valence-electron chi connectivity index (χ4n) is 6.82. The summed E-state index contributed by atoms with van der Waals surface area (Å²) in [5.41, 5.74) is 0. The molecule has 5 heteroatoms. The number of aliphatic hydroxyl groups excluding tert-OH is 1. The number of allylic oxidation sites excluding steroid dienone is 6. The van der Waals surface area contributed by atoms with E-state index in [1.165, 1.54) is 173 Å². The number of hydrogen-bond acceptors (Lipinski definition) is 5. The molecular formula is C49H90O5. The van der Waals surface area contributed by atoms with Crippen molar-refractivity contribution in [2.24, 2.45) is 0 Å². The van der Waals surface area contributed by atoms with Crippen LogP contribution >= 0.6 is 0 Å². The van der Waals surface area contributed by atoms with Crippen molar-refractivity contribution in [1.29, 1.82) is 0 Å². The van der Waals surface area contributed by atoms with Gasteiger partial charge in [0.2, 0.25) is 0 Å². The Bertz CT molecular complexity index is 862. The second-order valence-electron chi connectivity index (χ2n) is 15.8. The van der Waals surface area contributed by atoms with E-state index in [0.29, 0.717) is 12.8 Å². The number of esters is 2. The smallest absolute Gasteiger partial charge is 0.306 e. The van der Waals surface area contributed by atoms with Gasteiger partial charge in [0.1, 0.15) is 6.61 Å². The molecule has 0 aromatic rings. The van der Waals surface area contributed by atoms with Gasteiger partial charge in [0.05, 0.1) is 6.61 Å². The molecule has 0 saturated carbocycles. The van der Waals surface area contributed by atoms with Crippen LogP contribution in [0.3, 0.4) is 0 Å². The van der Waals surface area contributed by atoms with Crippen molar-refractivity contribution in [2.75, 3.05) is 13.2 Å². The van der Waals surface area contributed by atoms with Crippen LogP contribution in [0.4, 0.5) is 0 Å². The molecule has 0 aliphatic rings. The first kappa shape index (κ1) is 52.1. The molecule has 0 aromatic carbocycles. The van der Waals surface area contributed by atoms with E-state index in [1.807, 2.05) is 0 Å². The van der Waals surface area contributed by atoms with Crippen molar-refractivity contribution in [1.82, 2.24) is 0 Å². The van der Waals surface area contributed by atoms with Crippen LogP contribution in [0.15, 0.2) is 36.5 Å². The highest BCUT2D eigenvalue weighted by Crippen LogP contribution is 2.15. The molecule has 0 saturated heterocycles. The van der Waals surface area contributed by atoms with E-state index in [-0.39, 0.29) is 25.2 Å². The van der Waals surface area contributed by atoms with Crippen LogP contribution in [0.25, 0.3) is 0 Å². The molecular weight excluding hydrogens is 669 g/mol. The number of aliphatic hydroxyl groups is 1. The van der Waals surface area contributed by atoms with Gasteiger partial charge in [0.15, 0.2) is 6.10 Å². The SMILES string of the molecule is CCCCC/C=C\C/C=C\CCCCCCCCCCCC(=O)OC(CO)COC(=O)CCCCCCCCCCC/C=C\CCCCCCCCCC. The Hall–Kier alpha value is -1.88. The van der Waals surface area contributed by atoms with Crippen molar-refractivity contribution < 1.29 is 24.2 Å². The van der Waals surface area contributed by atoms with Crippen molar-refractivity contribution >= 4 is 11.9 Å². The summed E-state index contributed by atoms with van der Waals surface area (Å²) in [4.78, 5) is 24.4. The maximum atomic E-state index is 12.2. The van der Waals surface area contributed by atoms with Gasteiger partial charge in [-0.05, 0) is 70.6 Å². The fraction of sp³-hybridized carbons (Fsp3) is 0.837. The van der Waals surface area contributed by atoms with Gasteiger partial charge in [0, 0.05) is 12.8 Å². The molecule has 0 aliphatic heterocycles. The number of carbonyl (C=O) groups excluding carboxylic acids is 2. The minimum Gasteiger partial charge on any atom is -0.462 e. The molecule has 0 aromatic heterocycles. The maximum absolute atomic E-state index is 12.2. The zero-order valence-electron chi connectivity index (χ0n) is 36.0. The molecule has 0 fully saturated rings. The Kier molecular flexibility index (Phi) is 43.9. The Balaban J connectivity index is 3.51. The maximum Gasteiger partial charge on any atom is 0.306 e. The van der Waals surface area contributed by atoms with Gasteiger partial charge < -0.3 is 14.6 Å². The van der Waals surface area contributed by atoms with Crippen molar-refractivity contribution in [2.45, 2.75) is 251 Å². The second kappa shape index (κ2) is 45.5. The Labute approximate surface area is 336 Å². The summed E-state index contributed by atoms with van der Waals surface area (Å²) >= 11 is 0. The first-order chi connectivity index (χ1) is 26.6. The lowest BCUT2D eigenvalue weighted by Crippen LogP contribution is -2.28. The molecule has 0 amide bonds. The minimum atomic E-state index is -0.773. The predicted molar refractivity (Wildman–Crippen MR) is 233 cm³/mol. The van der Waals surface area contributed by atoms with Crippen LogP contribution < -0.4 is 0 Å². The van der Waals surface area contributed by atoms with Crippen molar-refractivity contribution in [3.05, 3.63) is 36.5 Å². The highest BCUT2D eigenvalue weighted by atomic mass is 16.6. The van der Waals surface area contributed by atoms with Gasteiger partial charge >= 0.3 is 11.9 Å². The van der Waals surface area contributed by atoms with Gasteiger partial charge in [-0.25, -0.2) is 0 Å². The summed E-state index contributed by atoms with van der Waals surface area (Å²) in [7, 11) is 0. The van der Waals surface area contributed by atoms with Crippen molar-refractivity contribution in [3.63, 3.8) is 0 Å². The van der Waals surface area contributed by atoms with E-state index < -0.39 is 6.10 Å². The summed E-state index contributed by atoms with van der Waals surface area (Å²) in [6.07, 6.45) is 56.5. The monoisotopic (exact) mass is 759 g/mol. The van der Waals surface area contributed by atoms with E-state index in [0.717, 1.165) is 44.9 Å². The molecule has 0 heterocycles. The first-order valence-corrected chi connectivity index (χ1v) is 23.5. The van der Waals surface area contributed by atoms with Gasteiger partial charge in [-0.15, -0.1) is 0 Å². The molecule has 0 aliphatic carbocycles. The van der Waals surface area contributed by atoms with Gasteiger partial charge in [-0.3, -0.25) is 9.59 Å². The molecule has 5 nitrogen and oxygen atoms in total. The third-order valence-electron chi connectivity index (χ3n) is 10.4. The number of unbranched alkanes of at least 4 members (excludes halogenated alkanes) is 29. The Morgan fingerprint density at radius 3 is 1.15 bits per heavy atom. The fourth-order valence-corrected chi connectivity index (χ4v) is 6.82. The van der Waals surface area contributed by atoms with Crippen LogP contribution in [-0.4, -0.2) is 36.4 Å². The molecule has 1 atom stereocenters. The van der Waals surface area contributed by atoms with Crippen molar-refractivity contribution in [3.8, 4) is 0 Å². The third-order valence-corrected chi connectivity index (χ3v) is 10.4. The molecule has 1 unspecified atom stereocenters. The topological polar surface area (TPSA) is 72.8 Å². The standard InChI is InChI=1S/C49H90O5/c1-3-5-7-9-11-13-15-17-19-21-23-24-26-27-29-31-33-35-37-39-41-43-48(51)53-46-47(45-50)54-49(52)44-42-40-38-36-34-32-30-28-25-22-20-18-16-14-12-10-8-6-4-2/h12,14,18,20-21,23,47,50H,3-11,13,15-17,19,22,24-46H2,1-2H3/b14-12-,20-18-,23-21-. The normalized spacial score (nSPS) is 12.4. The van der Waals surface area contributed by atoms with Crippen LogP contribution in [0.2, 0.25) is 0 Å². The summed E-state index contributed by atoms with van der Waals surface area (Å²) in [5, 5.41) is 9.60. The Morgan fingerprint density at radius 2 is 0.741 bits per heavy atom. The highest BCUT2D eigenvalue weighted by molar-refractivity contribution is 5.70. The van der Waals surface area contributed by atoms with E-state index in [1.54, 1.807) is 0 Å². The van der Waals surface area contributed by atoms with E-state index >= 15 is 0 Å². The second-order valence-corrected chi connectivity index (χ2v) is 15.8. The lowest BCUT2D eigenvalue weighted by molar-refractivity contribution is -0.161. The average Bonchev–Trinajstić information content (AvgIpc) is 3.17. The van der Waals surface area contributed by atoms with E-state index in [2.05, 4.69) is 50.3 Å². The summed E-state index contributed by atoms with van der Waals surface area (Å²) in [6.45, 7) is 4.13. The summed E-state index contributed by atoms with van der Waals surface area (Å²) in [6, 6.07) is 0. The zero-order chi connectivity index (χ0) is 39.3. The lowest BCUT2D eigenvalue weighted by Gasteiger charge is -2.15. The van der Waals surface area contributed by atoms with Crippen LogP contribution in [0, 0.1) is 0 Å². The van der Waals surface area contributed by atoms with Gasteiger partial charge in [-0.1, -0.05) is 198 Å². The summed E-state index contributed by atoms with van der Waals surface area (Å²) in [5.74, 6) is -0.590. The highest BCUT2D eigenvalue weighted by Gasteiger charge is 2.16. The molecule has 316 valence electrons. The molecule has 0 spiro atoms. The van der Waals surface area contributed by atoms with Crippen LogP contribution in [-0.2, 0) is 19.1 Å². The molecule has 0 bridgehead atoms. The molecule has 54 heavy (non-hydrogen) atoms. The number of ether oxygens (including phenoxy) is 2. The number of hydrogen-bond donors (Lipinski definition) is 1. The van der Waals surface area contributed by atoms with E-state index in [9.17, 15) is 14.7 Å². The third kappa shape index (κ3) is 42.9. The molecule has 0 radical (unpaired) electrons. The van der Waals surface area contributed by atoms with Gasteiger partial charge in [0.25, 0.3) is 0 Å². The van der Waals surface area contributed by atoms with E-state index in [4.69, 9.17) is 9.47 Å². The predicted octanol–water partition coefficient (Wildman–Crippen LogP) is 15.2. The van der Waals surface area contributed by atoms with Crippen LogP contribution in [0.1, 0.15) is 245 Å². The summed E-state index contributed by atoms with van der Waals surface area (Å²) < 4.78 is 10.7. The number of rotatable bonds is 43. The zero-order valence-corrected chi connectivity index (χ0v) is 36.0. The molecule has 0 rings (SSSR count). The van der Waals surface area contributed by atoms with Gasteiger partial charge in [-0.2, -0.15) is 0 Å². The lowest BCUT2D eigenvalue weighted by atomic mass is 10.1. The first-order valence-electron chi connectivity index (χ1n) is 23.5. The van der Waals surface area contributed by atoms with Crippen LogP contribution in [0.5, 0.6) is 0 Å². The quantitative estimate of drug-likeness (QED) is 0.0381. The average molecular weight is 759 g/mol. The largest absolute Gasteiger partial charge is 0.462 e.